The van der Waals surface area contributed by atoms with Crippen molar-refractivity contribution in [1.82, 2.24) is 14.9 Å². The molecule has 1 aromatic carbocycles. The predicted molar refractivity (Wildman–Crippen MR) is 82.5 cm³/mol. The van der Waals surface area contributed by atoms with Crippen molar-refractivity contribution in [3.05, 3.63) is 52.6 Å². The molecule has 1 aliphatic rings. The van der Waals surface area contributed by atoms with E-state index in [4.69, 9.17) is 0 Å². The van der Waals surface area contributed by atoms with E-state index >= 15 is 0 Å². The summed E-state index contributed by atoms with van der Waals surface area (Å²) < 4.78 is 2.16. The number of carbonyl (C=O) groups is 1. The predicted octanol–water partition coefficient (Wildman–Crippen LogP) is 2.55. The van der Waals surface area contributed by atoms with Crippen LogP contribution in [0.15, 0.2) is 24.4 Å². The molecular formula is C17H21N3O. The fraction of sp³-hybridized carbons (Fsp3) is 0.412. The number of hydrogen-bond donors (Lipinski definition) is 1. The molecule has 3 rings (SSSR count). The molecule has 0 spiro atoms. The molecule has 1 amide bonds. The zero-order chi connectivity index (χ0) is 15.0. The molecule has 0 saturated carbocycles. The summed E-state index contributed by atoms with van der Waals surface area (Å²) in [5.41, 5.74) is 4.15. The van der Waals surface area contributed by atoms with Crippen LogP contribution in [-0.4, -0.2) is 21.5 Å². The first-order chi connectivity index (χ1) is 10.0. The zero-order valence-electron chi connectivity index (χ0n) is 12.8. The highest BCUT2D eigenvalue weighted by Gasteiger charge is 2.21. The van der Waals surface area contributed by atoms with Crippen molar-refractivity contribution in [2.45, 2.75) is 46.2 Å². The average Bonchev–Trinajstić information content (AvgIpc) is 2.81. The van der Waals surface area contributed by atoms with Gasteiger partial charge in [-0.15, -0.1) is 0 Å². The summed E-state index contributed by atoms with van der Waals surface area (Å²) in [6.07, 6.45) is 3.93. The van der Waals surface area contributed by atoms with Crippen molar-refractivity contribution < 1.29 is 4.79 Å². The molecule has 21 heavy (non-hydrogen) atoms. The van der Waals surface area contributed by atoms with Crippen molar-refractivity contribution >= 4 is 5.91 Å². The molecule has 1 unspecified atom stereocenters. The molecule has 0 radical (unpaired) electrons. The molecule has 110 valence electrons. The summed E-state index contributed by atoms with van der Waals surface area (Å²) in [6.45, 7) is 6.91. The van der Waals surface area contributed by atoms with Crippen LogP contribution < -0.4 is 5.32 Å². The van der Waals surface area contributed by atoms with Crippen LogP contribution in [0.3, 0.4) is 0 Å². The summed E-state index contributed by atoms with van der Waals surface area (Å²) >= 11 is 0. The van der Waals surface area contributed by atoms with Gasteiger partial charge in [0.25, 0.3) is 5.91 Å². The molecule has 0 fully saturated rings. The molecule has 1 aromatic heterocycles. The van der Waals surface area contributed by atoms with E-state index in [1.165, 1.54) is 5.56 Å². The first-order valence-corrected chi connectivity index (χ1v) is 7.43. The zero-order valence-corrected chi connectivity index (χ0v) is 12.8. The second kappa shape index (κ2) is 5.35. The van der Waals surface area contributed by atoms with Gasteiger partial charge in [0.2, 0.25) is 0 Å². The maximum atomic E-state index is 12.4. The van der Waals surface area contributed by atoms with Gasteiger partial charge in [0, 0.05) is 30.8 Å². The SMILES string of the molecule is Cc1cn2c(n1)CCC(NC(=O)c1ccc(C)c(C)c1)C2. The highest BCUT2D eigenvalue weighted by Crippen LogP contribution is 2.16. The number of benzene rings is 1. The molecular weight excluding hydrogens is 262 g/mol. The third-order valence-electron chi connectivity index (χ3n) is 4.22. The Balaban J connectivity index is 1.69. The lowest BCUT2D eigenvalue weighted by molar-refractivity contribution is 0.0927. The molecule has 1 atom stereocenters. The second-order valence-corrected chi connectivity index (χ2v) is 5.96. The standard InChI is InChI=1S/C17H21N3O/c1-11-4-5-14(8-12(11)2)17(21)19-15-6-7-16-18-13(3)9-20(16)10-15/h4-5,8-9,15H,6-7,10H2,1-3H3,(H,19,21). The first kappa shape index (κ1) is 13.9. The number of nitrogens with zero attached hydrogens (tertiary/aromatic N) is 2. The maximum absolute atomic E-state index is 12.4. The molecule has 1 aliphatic heterocycles. The Morgan fingerprint density at radius 2 is 2.10 bits per heavy atom. The summed E-state index contributed by atoms with van der Waals surface area (Å²) in [5.74, 6) is 1.15. The third-order valence-corrected chi connectivity index (χ3v) is 4.22. The topological polar surface area (TPSA) is 46.9 Å². The summed E-state index contributed by atoms with van der Waals surface area (Å²) in [4.78, 5) is 16.9. The van der Waals surface area contributed by atoms with E-state index in [1.54, 1.807) is 0 Å². The maximum Gasteiger partial charge on any atom is 0.251 e. The Kier molecular flexibility index (Phi) is 3.53. The highest BCUT2D eigenvalue weighted by molar-refractivity contribution is 5.94. The number of hydrogen-bond acceptors (Lipinski definition) is 2. The molecule has 1 N–H and O–H groups in total. The lowest BCUT2D eigenvalue weighted by Gasteiger charge is -2.24. The Bertz CT molecular complexity index is 687. The van der Waals surface area contributed by atoms with E-state index in [0.717, 1.165) is 42.0 Å². The van der Waals surface area contributed by atoms with Gasteiger partial charge < -0.3 is 9.88 Å². The van der Waals surface area contributed by atoms with Crippen LogP contribution in [-0.2, 0) is 13.0 Å². The van der Waals surface area contributed by atoms with Crippen LogP contribution in [0.25, 0.3) is 0 Å². The van der Waals surface area contributed by atoms with Gasteiger partial charge >= 0.3 is 0 Å². The number of imidazole rings is 1. The number of rotatable bonds is 2. The molecule has 4 heteroatoms. The Hall–Kier alpha value is -2.10. The quantitative estimate of drug-likeness (QED) is 0.920. The van der Waals surface area contributed by atoms with Crippen molar-refractivity contribution in [3.8, 4) is 0 Å². The van der Waals surface area contributed by atoms with Crippen molar-refractivity contribution in [2.24, 2.45) is 0 Å². The van der Waals surface area contributed by atoms with E-state index in [0.29, 0.717) is 0 Å². The normalized spacial score (nSPS) is 17.4. The number of aromatic nitrogens is 2. The van der Waals surface area contributed by atoms with Gasteiger partial charge in [-0.25, -0.2) is 4.98 Å². The monoisotopic (exact) mass is 283 g/mol. The first-order valence-electron chi connectivity index (χ1n) is 7.43. The average molecular weight is 283 g/mol. The van der Waals surface area contributed by atoms with Crippen LogP contribution in [0.4, 0.5) is 0 Å². The van der Waals surface area contributed by atoms with E-state index < -0.39 is 0 Å². The van der Waals surface area contributed by atoms with Gasteiger partial charge in [0.05, 0.1) is 5.69 Å². The minimum Gasteiger partial charge on any atom is -0.347 e. The summed E-state index contributed by atoms with van der Waals surface area (Å²) in [5, 5.41) is 3.14. The summed E-state index contributed by atoms with van der Waals surface area (Å²) in [7, 11) is 0. The molecule has 2 heterocycles. The smallest absolute Gasteiger partial charge is 0.251 e. The third kappa shape index (κ3) is 2.84. The number of fused-ring (bicyclic) bond motifs is 1. The lowest BCUT2D eigenvalue weighted by atomic mass is 10.0. The number of amides is 1. The van der Waals surface area contributed by atoms with Crippen LogP contribution in [0.1, 0.15) is 39.4 Å². The van der Waals surface area contributed by atoms with Gasteiger partial charge in [-0.1, -0.05) is 6.07 Å². The van der Waals surface area contributed by atoms with Crippen molar-refractivity contribution in [3.63, 3.8) is 0 Å². The Labute approximate surface area is 125 Å². The van der Waals surface area contributed by atoms with Crippen LogP contribution in [0.5, 0.6) is 0 Å². The molecule has 4 nitrogen and oxygen atoms in total. The Morgan fingerprint density at radius 1 is 1.29 bits per heavy atom. The van der Waals surface area contributed by atoms with E-state index in [9.17, 15) is 4.79 Å². The largest absolute Gasteiger partial charge is 0.347 e. The number of nitrogens with one attached hydrogen (secondary N) is 1. The van der Waals surface area contributed by atoms with Crippen molar-refractivity contribution in [1.29, 1.82) is 0 Å². The minimum atomic E-state index is 0.0170. The number of aryl methyl sites for hydroxylation is 4. The molecule has 0 saturated heterocycles. The fourth-order valence-electron chi connectivity index (χ4n) is 2.86. The van der Waals surface area contributed by atoms with E-state index in [2.05, 4.69) is 28.0 Å². The minimum absolute atomic E-state index is 0.0170. The Morgan fingerprint density at radius 3 is 2.86 bits per heavy atom. The van der Waals surface area contributed by atoms with Gasteiger partial charge in [0.15, 0.2) is 0 Å². The molecule has 0 bridgehead atoms. The number of carbonyl (C=O) groups excluding carboxylic acids is 1. The molecule has 0 aliphatic carbocycles. The van der Waals surface area contributed by atoms with Gasteiger partial charge in [0.1, 0.15) is 5.82 Å². The van der Waals surface area contributed by atoms with Crippen LogP contribution in [0.2, 0.25) is 0 Å². The van der Waals surface area contributed by atoms with E-state index in [-0.39, 0.29) is 11.9 Å². The van der Waals surface area contributed by atoms with E-state index in [1.807, 2.05) is 32.0 Å². The summed E-state index contributed by atoms with van der Waals surface area (Å²) in [6, 6.07) is 6.04. The van der Waals surface area contributed by atoms with Crippen LogP contribution >= 0.6 is 0 Å². The van der Waals surface area contributed by atoms with Gasteiger partial charge in [-0.2, -0.15) is 0 Å². The van der Waals surface area contributed by atoms with Gasteiger partial charge in [-0.3, -0.25) is 4.79 Å². The second-order valence-electron chi connectivity index (χ2n) is 5.96. The van der Waals surface area contributed by atoms with Gasteiger partial charge in [-0.05, 0) is 50.5 Å². The van der Waals surface area contributed by atoms with Crippen molar-refractivity contribution in [2.75, 3.05) is 0 Å². The fourth-order valence-corrected chi connectivity index (χ4v) is 2.86. The molecule has 2 aromatic rings. The lowest BCUT2D eigenvalue weighted by Crippen LogP contribution is -2.40. The van der Waals surface area contributed by atoms with Crippen LogP contribution in [0, 0.1) is 20.8 Å². The highest BCUT2D eigenvalue weighted by atomic mass is 16.1.